The van der Waals surface area contributed by atoms with E-state index in [1.807, 2.05) is 127 Å². The molecule has 3 fully saturated rings. The highest BCUT2D eigenvalue weighted by Crippen LogP contribution is 2.41. The normalized spacial score (nSPS) is 27.6. The van der Waals surface area contributed by atoms with Crippen LogP contribution in [-0.4, -0.2) is 135 Å². The second-order valence-corrected chi connectivity index (χ2v) is 20.5. The molecule has 5 aromatic carbocycles. The molecule has 24 heteroatoms. The minimum Gasteiger partial charge on any atom is -0.467 e. The van der Waals surface area contributed by atoms with Gasteiger partial charge in [0.25, 0.3) is 0 Å². The number of thioether (sulfide) groups is 1. The van der Waals surface area contributed by atoms with Crippen LogP contribution in [0.15, 0.2) is 167 Å². The van der Waals surface area contributed by atoms with Gasteiger partial charge in [-0.1, -0.05) is 162 Å². The fourth-order valence-electron chi connectivity index (χ4n) is 9.66. The molecule has 3 saturated heterocycles. The molecule has 0 N–H and O–H groups in total. The Labute approximate surface area is 483 Å². The van der Waals surface area contributed by atoms with Crippen LogP contribution in [0.2, 0.25) is 0 Å². The van der Waals surface area contributed by atoms with E-state index in [1.54, 1.807) is 24.3 Å². The fraction of sp³-hybridized carbons (Fsp3) is 0.424. The first kappa shape index (κ1) is 61.7. The Kier molecular flexibility index (Phi) is 23.3. The van der Waals surface area contributed by atoms with Crippen LogP contribution in [0.1, 0.15) is 43.0 Å². The number of esters is 4. The number of methoxy groups -OCH3 is 1. The van der Waals surface area contributed by atoms with Crippen molar-refractivity contribution in [1.82, 2.24) is 0 Å². The number of hydrogen-bond acceptors (Lipinski definition) is 20. The van der Waals surface area contributed by atoms with E-state index in [-0.39, 0.29) is 33.0 Å². The molecule has 1 unspecified atom stereocenters. The van der Waals surface area contributed by atoms with Gasteiger partial charge in [0, 0.05) is 35.5 Å². The van der Waals surface area contributed by atoms with Crippen LogP contribution in [0.25, 0.3) is 20.9 Å². The average molecular weight is 1160 g/mol. The highest BCUT2D eigenvalue weighted by Gasteiger charge is 2.58. The Morgan fingerprint density at radius 3 is 1.39 bits per heavy atom. The van der Waals surface area contributed by atoms with Crippen LogP contribution in [0, 0.1) is 0 Å². The van der Waals surface area contributed by atoms with Gasteiger partial charge in [0.15, 0.2) is 18.7 Å². The molecule has 23 nitrogen and oxygen atoms in total. The zero-order valence-electron chi connectivity index (χ0n) is 45.9. The minimum atomic E-state index is -1.82. The van der Waals surface area contributed by atoms with Crippen molar-refractivity contribution in [3.63, 3.8) is 0 Å². The monoisotopic (exact) mass is 1160 g/mol. The predicted octanol–water partition coefficient (Wildman–Crippen LogP) is 8.65. The van der Waals surface area contributed by atoms with Crippen molar-refractivity contribution in [2.45, 2.75) is 143 Å². The number of nitrogens with zero attached hydrogens (tertiary/aromatic N) is 6. The maximum absolute atomic E-state index is 14.6. The van der Waals surface area contributed by atoms with Gasteiger partial charge >= 0.3 is 23.9 Å². The summed E-state index contributed by atoms with van der Waals surface area (Å²) in [5.41, 5.74) is 22.3. The van der Waals surface area contributed by atoms with Gasteiger partial charge in [0.05, 0.1) is 33.5 Å². The van der Waals surface area contributed by atoms with Gasteiger partial charge in [0.1, 0.15) is 85.7 Å². The SMILES string of the molecule is COC(=O)[C@@H]1O[C@H](O[C@@H]2C(COC(C)=O)O[C@@H](Sc3ccccc3)[C@H](N=[N+]=[N-])[C@H]2OC(C)=O)[C@@H](OCc2ccccc2)[C@H](OCc2ccccc2)[C@H]1O[C@@H]1O[C@@H](COC(C)=O)[C@H](OCc2ccccc2)[C@@H](OCc2ccccc2)[C@@H]1N=[N+]=[N-]. The molecule has 83 heavy (non-hydrogen) atoms. The maximum atomic E-state index is 14.6. The lowest BCUT2D eigenvalue weighted by Gasteiger charge is -2.50. The van der Waals surface area contributed by atoms with E-state index in [9.17, 15) is 30.2 Å². The molecule has 0 amide bonds. The maximum Gasteiger partial charge on any atom is 0.337 e. The molecule has 3 heterocycles. The van der Waals surface area contributed by atoms with Gasteiger partial charge in [-0.2, -0.15) is 0 Å². The number of benzene rings is 5. The first-order valence-corrected chi connectivity index (χ1v) is 27.5. The van der Waals surface area contributed by atoms with Gasteiger partial charge in [-0.05, 0) is 45.4 Å². The number of rotatable bonds is 26. The van der Waals surface area contributed by atoms with Gasteiger partial charge in [-0.25, -0.2) is 4.79 Å². The lowest BCUT2D eigenvalue weighted by atomic mass is 9.94. The zero-order valence-corrected chi connectivity index (χ0v) is 46.7. The highest BCUT2D eigenvalue weighted by molar-refractivity contribution is 7.99. The van der Waals surface area contributed by atoms with Crippen LogP contribution < -0.4 is 0 Å². The van der Waals surface area contributed by atoms with Gasteiger partial charge in [-0.15, -0.1) is 0 Å². The molecule has 0 spiro atoms. The standard InChI is InChI=1S/C59H64N6O17S/c1-36(66)71-34-44-48(73-30-39-20-10-5-11-21-39)50(74-31-40-22-12-6-13-23-40)46(62-64-60)57(78-44)81-53-52(75-32-41-24-14-7-15-25-41)55(76-33-42-26-16-8-17-27-42)58(82-54(53)56(69)70-4)80-49-45(35-72-37(2)67)79-59(83-43-28-18-9-19-29-43)47(63-65-61)51(49)77-38(3)68/h5-29,44-55,57-59H,30-35H2,1-4H3/t44-,45?,46-,47+,48-,49+,50-,51+,52+,53+,54+,55-,57-,58-,59-/m0/s1. The number of hydrogen-bond donors (Lipinski definition) is 0. The first-order valence-electron chi connectivity index (χ1n) is 26.6. The summed E-state index contributed by atoms with van der Waals surface area (Å²) in [6.45, 7) is 2.50. The number of carbonyl (C=O) groups excluding carboxylic acids is 4. The third kappa shape index (κ3) is 17.3. The second-order valence-electron chi connectivity index (χ2n) is 19.3. The van der Waals surface area contributed by atoms with E-state index in [1.165, 1.54) is 25.6 Å². The summed E-state index contributed by atoms with van der Waals surface area (Å²) in [5.74, 6) is -3.12. The molecule has 0 aliphatic carbocycles. The largest absolute Gasteiger partial charge is 0.467 e. The van der Waals surface area contributed by atoms with Crippen LogP contribution in [0.3, 0.4) is 0 Å². The Morgan fingerprint density at radius 1 is 0.482 bits per heavy atom. The van der Waals surface area contributed by atoms with Gasteiger partial charge in [0.2, 0.25) is 0 Å². The number of azide groups is 2. The van der Waals surface area contributed by atoms with Crippen molar-refractivity contribution in [2.75, 3.05) is 20.3 Å². The van der Waals surface area contributed by atoms with E-state index in [0.29, 0.717) is 16.0 Å². The van der Waals surface area contributed by atoms with E-state index in [2.05, 4.69) is 20.1 Å². The van der Waals surface area contributed by atoms with Crippen LogP contribution in [0.5, 0.6) is 0 Å². The van der Waals surface area contributed by atoms with Crippen LogP contribution in [0.4, 0.5) is 0 Å². The number of ether oxygens (including phenoxy) is 13. The molecule has 438 valence electrons. The summed E-state index contributed by atoms with van der Waals surface area (Å²) in [6, 6.07) is 43.0. The lowest BCUT2D eigenvalue weighted by molar-refractivity contribution is -0.366. The Hall–Kier alpha value is -7.41. The van der Waals surface area contributed by atoms with Crippen LogP contribution in [-0.2, 0) is 107 Å². The molecule has 15 atom stereocenters. The van der Waals surface area contributed by atoms with E-state index < -0.39 is 122 Å². The Balaban J connectivity index is 1.24. The van der Waals surface area contributed by atoms with Gasteiger partial charge in [-0.3, -0.25) is 14.4 Å². The molecule has 8 rings (SSSR count). The molecule has 0 bridgehead atoms. The summed E-state index contributed by atoms with van der Waals surface area (Å²) < 4.78 is 83.6. The molecule has 3 aliphatic heterocycles. The molecular formula is C59H64N6O17S. The highest BCUT2D eigenvalue weighted by atomic mass is 32.2. The predicted molar refractivity (Wildman–Crippen MR) is 295 cm³/mol. The lowest BCUT2D eigenvalue weighted by Crippen LogP contribution is -2.68. The summed E-state index contributed by atoms with van der Waals surface area (Å²) >= 11 is 1.17. The van der Waals surface area contributed by atoms with E-state index >= 15 is 0 Å². The number of carbonyl (C=O) groups is 4. The third-order valence-electron chi connectivity index (χ3n) is 13.5. The van der Waals surface area contributed by atoms with Crippen molar-refractivity contribution in [3.8, 4) is 0 Å². The van der Waals surface area contributed by atoms with Crippen molar-refractivity contribution >= 4 is 35.6 Å². The summed E-state index contributed by atoms with van der Waals surface area (Å²) in [7, 11) is 1.13. The average Bonchev–Trinajstić information content (AvgIpc) is 3.61. The van der Waals surface area contributed by atoms with Crippen LogP contribution >= 0.6 is 11.8 Å². The van der Waals surface area contributed by atoms with Gasteiger partial charge < -0.3 is 61.6 Å². The molecule has 0 saturated carbocycles. The van der Waals surface area contributed by atoms with Crippen molar-refractivity contribution < 1.29 is 80.8 Å². The van der Waals surface area contributed by atoms with Crippen molar-refractivity contribution in [1.29, 1.82) is 0 Å². The van der Waals surface area contributed by atoms with Crippen molar-refractivity contribution in [3.05, 3.63) is 195 Å². The smallest absolute Gasteiger partial charge is 0.337 e. The summed E-state index contributed by atoms with van der Waals surface area (Å²) in [4.78, 5) is 59.9. The second kappa shape index (κ2) is 31.3. The van der Waals surface area contributed by atoms with E-state index in [0.717, 1.165) is 25.2 Å². The van der Waals surface area contributed by atoms with E-state index in [4.69, 9.17) is 61.6 Å². The Morgan fingerprint density at radius 2 is 0.916 bits per heavy atom. The Bertz CT molecular complexity index is 2950. The minimum absolute atomic E-state index is 0.0143. The quantitative estimate of drug-likeness (QED) is 0.0164. The van der Waals surface area contributed by atoms with Crippen molar-refractivity contribution in [2.24, 2.45) is 10.2 Å². The fourth-order valence-corrected chi connectivity index (χ4v) is 10.8. The zero-order chi connectivity index (χ0) is 58.5. The third-order valence-corrected chi connectivity index (χ3v) is 14.6. The molecule has 5 aromatic rings. The molecular weight excluding hydrogens is 1100 g/mol. The topological polar surface area (TPSA) is 286 Å². The molecule has 0 radical (unpaired) electrons. The summed E-state index contributed by atoms with van der Waals surface area (Å²) in [6.07, 6.45) is -17.4. The summed E-state index contributed by atoms with van der Waals surface area (Å²) in [5, 5.41) is 8.30. The first-order chi connectivity index (χ1) is 40.4. The molecule has 0 aromatic heterocycles. The molecule has 3 aliphatic rings.